The molecule has 0 N–H and O–H groups in total. The molecule has 124 valence electrons. The molecule has 0 unspecified atom stereocenters. The largest absolute Gasteiger partial charge is 0.497 e. The van der Waals surface area contributed by atoms with E-state index in [9.17, 15) is 4.79 Å². The molecule has 5 nitrogen and oxygen atoms in total. The Balaban J connectivity index is 1.75. The average Bonchev–Trinajstić information content (AvgIpc) is 3.20. The maximum absolute atomic E-state index is 12.4. The summed E-state index contributed by atoms with van der Waals surface area (Å²) in [5, 5.41) is 10.9. The molecule has 0 bridgehead atoms. The number of amides is 1. The monoisotopic (exact) mass is 359 g/mol. The molecule has 1 saturated heterocycles. The number of carbonyl (C=O) groups excluding carboxylic acids is 1. The highest BCUT2D eigenvalue weighted by molar-refractivity contribution is 8.15. The first-order chi connectivity index (χ1) is 11.7. The Morgan fingerprint density at radius 2 is 2.08 bits per heavy atom. The van der Waals surface area contributed by atoms with Crippen molar-refractivity contribution in [1.82, 2.24) is 4.90 Å². The fraction of sp³-hybridized carbons (Fsp3) is 0.235. The van der Waals surface area contributed by atoms with Gasteiger partial charge >= 0.3 is 0 Å². The fourth-order valence-corrected chi connectivity index (χ4v) is 3.72. The summed E-state index contributed by atoms with van der Waals surface area (Å²) in [4.78, 5) is 15.1. The van der Waals surface area contributed by atoms with Crippen molar-refractivity contribution in [1.29, 1.82) is 0 Å². The zero-order valence-corrected chi connectivity index (χ0v) is 15.0. The van der Waals surface area contributed by atoms with Gasteiger partial charge in [-0.25, -0.2) is 0 Å². The number of rotatable bonds is 5. The summed E-state index contributed by atoms with van der Waals surface area (Å²) in [6, 6.07) is 11.6. The summed E-state index contributed by atoms with van der Waals surface area (Å²) in [6.07, 6.45) is 1.71. The van der Waals surface area contributed by atoms with Crippen molar-refractivity contribution in [3.63, 3.8) is 0 Å². The molecular weight excluding hydrogens is 342 g/mol. The van der Waals surface area contributed by atoms with Gasteiger partial charge in [0.15, 0.2) is 5.17 Å². The Morgan fingerprint density at radius 1 is 1.29 bits per heavy atom. The van der Waals surface area contributed by atoms with E-state index in [1.807, 2.05) is 48.7 Å². The molecule has 24 heavy (non-hydrogen) atoms. The minimum atomic E-state index is -0.140. The third kappa shape index (κ3) is 3.85. The summed E-state index contributed by atoms with van der Waals surface area (Å²) >= 11 is 3.03. The first-order valence-corrected chi connectivity index (χ1v) is 9.19. The number of benzene rings is 1. The van der Waals surface area contributed by atoms with Crippen LogP contribution in [0, 0.1) is 0 Å². The van der Waals surface area contributed by atoms with Crippen LogP contribution in [0.3, 0.4) is 0 Å². The van der Waals surface area contributed by atoms with Gasteiger partial charge in [0, 0.05) is 4.88 Å². The van der Waals surface area contributed by atoms with E-state index in [4.69, 9.17) is 4.74 Å². The van der Waals surface area contributed by atoms with Crippen molar-refractivity contribution in [3.8, 4) is 5.75 Å². The molecule has 2 aromatic rings. The minimum absolute atomic E-state index is 0.0564. The molecule has 1 aromatic carbocycles. The van der Waals surface area contributed by atoms with E-state index in [1.165, 1.54) is 11.8 Å². The van der Waals surface area contributed by atoms with E-state index in [0.29, 0.717) is 11.7 Å². The lowest BCUT2D eigenvalue weighted by Gasteiger charge is -2.15. The summed E-state index contributed by atoms with van der Waals surface area (Å²) in [7, 11) is 1.63. The van der Waals surface area contributed by atoms with Gasteiger partial charge in [-0.1, -0.05) is 30.0 Å². The van der Waals surface area contributed by atoms with E-state index >= 15 is 0 Å². The van der Waals surface area contributed by atoms with E-state index < -0.39 is 0 Å². The van der Waals surface area contributed by atoms with Crippen LogP contribution in [-0.4, -0.2) is 34.5 Å². The maximum Gasteiger partial charge on any atom is 0.242 e. The first kappa shape index (κ1) is 16.7. The molecule has 1 atom stereocenters. The zero-order chi connectivity index (χ0) is 16.9. The van der Waals surface area contributed by atoms with E-state index in [1.54, 1.807) is 29.6 Å². The standard InChI is InChI=1S/C17H17N3O2S2/c1-12-16(21)20(11-13-5-7-14(22-2)8-6-13)17(24-12)19-18-10-15-4-3-9-23-15/h3-10,12H,11H2,1-2H3/b18-10-,19-17-/t12-/m0/s1. The first-order valence-electron chi connectivity index (χ1n) is 7.43. The number of methoxy groups -OCH3 is 1. The lowest BCUT2D eigenvalue weighted by Crippen LogP contribution is -2.30. The third-order valence-corrected chi connectivity index (χ3v) is 5.37. The van der Waals surface area contributed by atoms with Crippen LogP contribution in [-0.2, 0) is 11.3 Å². The molecule has 7 heteroatoms. The van der Waals surface area contributed by atoms with Crippen molar-refractivity contribution in [2.75, 3.05) is 7.11 Å². The van der Waals surface area contributed by atoms with E-state index in [0.717, 1.165) is 16.2 Å². The summed E-state index contributed by atoms with van der Waals surface area (Å²) < 4.78 is 5.16. The molecule has 3 rings (SSSR count). The number of hydrogen-bond acceptors (Lipinski definition) is 6. The molecule has 2 heterocycles. The van der Waals surface area contributed by atoms with Crippen LogP contribution in [0.4, 0.5) is 0 Å². The van der Waals surface area contributed by atoms with Crippen LogP contribution in [0.15, 0.2) is 52.0 Å². The van der Waals surface area contributed by atoms with Crippen LogP contribution in [0.25, 0.3) is 0 Å². The smallest absolute Gasteiger partial charge is 0.242 e. The highest BCUT2D eigenvalue weighted by atomic mass is 32.2. The molecule has 1 aromatic heterocycles. The van der Waals surface area contributed by atoms with Gasteiger partial charge in [-0.3, -0.25) is 9.69 Å². The van der Waals surface area contributed by atoms with Gasteiger partial charge < -0.3 is 4.74 Å². The van der Waals surface area contributed by atoms with Crippen molar-refractivity contribution in [3.05, 3.63) is 52.2 Å². The number of carbonyl (C=O) groups is 1. The summed E-state index contributed by atoms with van der Waals surface area (Å²) in [5.41, 5.74) is 1.02. The van der Waals surface area contributed by atoms with Gasteiger partial charge in [0.25, 0.3) is 0 Å². The van der Waals surface area contributed by atoms with Crippen LogP contribution in [0.2, 0.25) is 0 Å². The Kier molecular flexibility index (Phi) is 5.32. The van der Waals surface area contributed by atoms with E-state index in [2.05, 4.69) is 10.2 Å². The molecule has 1 amide bonds. The Labute approximate surface area is 149 Å². The predicted octanol–water partition coefficient (Wildman–Crippen LogP) is 3.61. The van der Waals surface area contributed by atoms with Crippen LogP contribution >= 0.6 is 23.1 Å². The Morgan fingerprint density at radius 3 is 2.75 bits per heavy atom. The number of nitrogens with zero attached hydrogens (tertiary/aromatic N) is 3. The normalized spacial score (nSPS) is 19.6. The van der Waals surface area contributed by atoms with Crippen LogP contribution in [0.1, 0.15) is 17.4 Å². The second-order valence-corrected chi connectivity index (χ2v) is 7.46. The van der Waals surface area contributed by atoms with Crippen molar-refractivity contribution >= 4 is 40.4 Å². The highest BCUT2D eigenvalue weighted by Crippen LogP contribution is 2.28. The Hall–Kier alpha value is -2.12. The SMILES string of the molecule is COc1ccc(CN2C(=O)[C@H](C)S/C2=N\N=C/c2cccs2)cc1. The predicted molar refractivity (Wildman–Crippen MR) is 99.9 cm³/mol. The molecule has 1 fully saturated rings. The quantitative estimate of drug-likeness (QED) is 0.605. The molecule has 0 saturated carbocycles. The molecule has 1 aliphatic heterocycles. The maximum atomic E-state index is 12.4. The molecular formula is C17H17N3O2S2. The van der Waals surface area contributed by atoms with Crippen LogP contribution in [0.5, 0.6) is 5.75 Å². The Bertz CT molecular complexity index is 755. The topological polar surface area (TPSA) is 54.3 Å². The van der Waals surface area contributed by atoms with Crippen molar-refractivity contribution < 1.29 is 9.53 Å². The van der Waals surface area contributed by atoms with Gasteiger partial charge in [0.05, 0.1) is 25.1 Å². The third-order valence-electron chi connectivity index (χ3n) is 3.50. The fourth-order valence-electron chi connectivity index (χ4n) is 2.22. The molecule has 0 radical (unpaired) electrons. The number of ether oxygens (including phenoxy) is 1. The molecule has 0 aliphatic carbocycles. The average molecular weight is 359 g/mol. The van der Waals surface area contributed by atoms with Crippen LogP contribution < -0.4 is 4.74 Å². The summed E-state index contributed by atoms with van der Waals surface area (Å²) in [6.45, 7) is 2.37. The van der Waals surface area contributed by atoms with E-state index in [-0.39, 0.29) is 11.2 Å². The summed E-state index contributed by atoms with van der Waals surface area (Å²) in [5.74, 6) is 0.851. The van der Waals surface area contributed by atoms with Gasteiger partial charge in [-0.05, 0) is 36.1 Å². The van der Waals surface area contributed by atoms with Gasteiger partial charge in [0.1, 0.15) is 5.75 Å². The zero-order valence-electron chi connectivity index (χ0n) is 13.4. The number of thioether (sulfide) groups is 1. The second-order valence-electron chi connectivity index (χ2n) is 5.18. The van der Waals surface area contributed by atoms with Crippen molar-refractivity contribution in [2.24, 2.45) is 10.2 Å². The van der Waals surface area contributed by atoms with Gasteiger partial charge in [0.2, 0.25) is 5.91 Å². The lowest BCUT2D eigenvalue weighted by molar-refractivity contribution is -0.126. The lowest BCUT2D eigenvalue weighted by atomic mass is 10.2. The number of amidine groups is 1. The van der Waals surface area contributed by atoms with Gasteiger partial charge in [-0.15, -0.1) is 16.4 Å². The molecule has 0 spiro atoms. The number of thiophene rings is 1. The van der Waals surface area contributed by atoms with Crippen molar-refractivity contribution in [2.45, 2.75) is 18.7 Å². The molecule has 1 aliphatic rings. The number of hydrogen-bond donors (Lipinski definition) is 0. The minimum Gasteiger partial charge on any atom is -0.497 e. The second kappa shape index (κ2) is 7.63. The van der Waals surface area contributed by atoms with Gasteiger partial charge in [-0.2, -0.15) is 5.10 Å². The highest BCUT2D eigenvalue weighted by Gasteiger charge is 2.35.